The van der Waals surface area contributed by atoms with Crippen molar-refractivity contribution >= 4 is 5.97 Å². The summed E-state index contributed by atoms with van der Waals surface area (Å²) in [5.74, 6) is 1.77. The zero-order valence-electron chi connectivity index (χ0n) is 20.5. The van der Waals surface area contributed by atoms with Crippen molar-refractivity contribution in [2.75, 3.05) is 20.8 Å². The van der Waals surface area contributed by atoms with Crippen LogP contribution in [0.4, 0.5) is 0 Å². The van der Waals surface area contributed by atoms with Crippen LogP contribution >= 0.6 is 0 Å². The minimum absolute atomic E-state index is 0.357. The number of carboxylic acid groups (broad SMARTS) is 1. The van der Waals surface area contributed by atoms with Crippen LogP contribution in [-0.2, 0) is 11.4 Å². The smallest absolute Gasteiger partial charge is 0.341 e. The second-order valence-electron chi connectivity index (χ2n) is 8.28. The topological polar surface area (TPSA) is 74.2 Å². The summed E-state index contributed by atoms with van der Waals surface area (Å²) >= 11 is 0. The minimum Gasteiger partial charge on any atom is -0.497 e. The van der Waals surface area contributed by atoms with Gasteiger partial charge in [0.25, 0.3) is 0 Å². The Morgan fingerprint density at radius 3 is 2.06 bits per heavy atom. The van der Waals surface area contributed by atoms with E-state index >= 15 is 0 Å². The number of hydrogen-bond acceptors (Lipinski definition) is 5. The van der Waals surface area contributed by atoms with Crippen molar-refractivity contribution < 1.29 is 28.8 Å². The second-order valence-corrected chi connectivity index (χ2v) is 8.28. The molecule has 0 fully saturated rings. The van der Waals surface area contributed by atoms with E-state index in [2.05, 4.69) is 24.3 Å². The van der Waals surface area contributed by atoms with Crippen molar-refractivity contribution in [1.82, 2.24) is 0 Å². The van der Waals surface area contributed by atoms with Gasteiger partial charge >= 0.3 is 5.97 Å². The number of carboxylic acids is 1. The Morgan fingerprint density at radius 2 is 1.39 bits per heavy atom. The third-order valence-electron chi connectivity index (χ3n) is 5.72. The lowest BCUT2D eigenvalue weighted by molar-refractivity contribution is -0.139. The molecule has 4 aromatic carbocycles. The highest BCUT2D eigenvalue weighted by Crippen LogP contribution is 2.32. The van der Waals surface area contributed by atoms with Gasteiger partial charge in [0.1, 0.15) is 29.6 Å². The highest BCUT2D eigenvalue weighted by atomic mass is 16.5. The minimum atomic E-state index is -1.02. The quantitative estimate of drug-likeness (QED) is 0.281. The van der Waals surface area contributed by atoms with E-state index in [0.29, 0.717) is 18.1 Å². The van der Waals surface area contributed by atoms with Crippen molar-refractivity contribution in [3.63, 3.8) is 0 Å². The maximum Gasteiger partial charge on any atom is 0.341 e. The van der Waals surface area contributed by atoms with Crippen molar-refractivity contribution in [2.45, 2.75) is 13.5 Å². The molecule has 0 radical (unpaired) electrons. The predicted molar refractivity (Wildman–Crippen MR) is 139 cm³/mol. The lowest BCUT2D eigenvalue weighted by Crippen LogP contribution is -2.10. The molecule has 0 atom stereocenters. The van der Waals surface area contributed by atoms with Crippen LogP contribution < -0.4 is 18.9 Å². The van der Waals surface area contributed by atoms with Gasteiger partial charge in [-0.05, 0) is 101 Å². The molecule has 0 unspecified atom stereocenters. The summed E-state index contributed by atoms with van der Waals surface area (Å²) < 4.78 is 22.1. The number of hydrogen-bond donors (Lipinski definition) is 1. The number of aryl methyl sites for hydroxylation is 1. The highest BCUT2D eigenvalue weighted by molar-refractivity contribution is 5.75. The van der Waals surface area contributed by atoms with Crippen molar-refractivity contribution in [3.8, 4) is 45.3 Å². The number of aliphatic carboxylic acids is 1. The molecular weight excluding hydrogens is 456 g/mol. The maximum atomic E-state index is 10.8. The summed E-state index contributed by atoms with van der Waals surface area (Å²) in [6, 6.07) is 27.6. The summed E-state index contributed by atoms with van der Waals surface area (Å²) in [5, 5.41) is 8.83. The zero-order chi connectivity index (χ0) is 25.5. The van der Waals surface area contributed by atoms with Crippen molar-refractivity contribution in [2.24, 2.45) is 0 Å². The van der Waals surface area contributed by atoms with Gasteiger partial charge in [0.15, 0.2) is 6.61 Å². The van der Waals surface area contributed by atoms with E-state index in [0.717, 1.165) is 44.9 Å². The molecule has 0 aliphatic rings. The number of methoxy groups -OCH3 is 2. The molecular formula is C30H28O6. The molecule has 0 bridgehead atoms. The van der Waals surface area contributed by atoms with Gasteiger partial charge in [-0.15, -0.1) is 0 Å². The van der Waals surface area contributed by atoms with E-state index < -0.39 is 5.97 Å². The molecule has 0 aliphatic carbocycles. The Labute approximate surface area is 210 Å². The Bertz CT molecular complexity index is 1340. The van der Waals surface area contributed by atoms with Crippen molar-refractivity contribution in [3.05, 3.63) is 96.1 Å². The van der Waals surface area contributed by atoms with E-state index in [1.807, 2.05) is 55.5 Å². The molecule has 0 spiro atoms. The van der Waals surface area contributed by atoms with Crippen LogP contribution in [0, 0.1) is 6.92 Å². The number of rotatable bonds is 10. The lowest BCUT2D eigenvalue weighted by atomic mass is 9.96. The molecule has 1 N–H and O–H groups in total. The van der Waals surface area contributed by atoms with E-state index in [1.165, 1.54) is 0 Å². The first-order chi connectivity index (χ1) is 17.4. The highest BCUT2D eigenvalue weighted by Gasteiger charge is 2.09. The summed E-state index contributed by atoms with van der Waals surface area (Å²) in [7, 11) is 3.31. The predicted octanol–water partition coefficient (Wildman–Crippen LogP) is 6.39. The summed E-state index contributed by atoms with van der Waals surface area (Å²) in [5.41, 5.74) is 6.03. The summed E-state index contributed by atoms with van der Waals surface area (Å²) in [6.45, 7) is 1.83. The number of ether oxygens (including phenoxy) is 4. The normalized spacial score (nSPS) is 10.5. The van der Waals surface area contributed by atoms with Crippen molar-refractivity contribution in [1.29, 1.82) is 0 Å². The van der Waals surface area contributed by atoms with Gasteiger partial charge < -0.3 is 24.1 Å². The Kier molecular flexibility index (Phi) is 7.75. The largest absolute Gasteiger partial charge is 0.497 e. The first-order valence-electron chi connectivity index (χ1n) is 11.5. The second kappa shape index (κ2) is 11.3. The van der Waals surface area contributed by atoms with E-state index in [-0.39, 0.29) is 6.61 Å². The van der Waals surface area contributed by atoms with E-state index in [1.54, 1.807) is 26.4 Å². The summed E-state index contributed by atoms with van der Waals surface area (Å²) in [4.78, 5) is 10.8. The fourth-order valence-electron chi connectivity index (χ4n) is 3.87. The standard InChI is InChI=1S/C30H28O6/c1-20-13-28(11-12-29(20)36-19-30(31)32)35-18-21-14-24(22-7-9-26(33-2)10-8-22)16-25(15-21)23-5-4-6-27(17-23)34-3/h4-17H,18-19H2,1-3H3,(H,31,32). The Hall–Kier alpha value is -4.45. The van der Waals surface area contributed by atoms with Crippen LogP contribution in [0.3, 0.4) is 0 Å². The molecule has 0 aliphatic heterocycles. The first-order valence-corrected chi connectivity index (χ1v) is 11.5. The molecule has 0 heterocycles. The fraction of sp³-hybridized carbons (Fsp3) is 0.167. The zero-order valence-corrected chi connectivity index (χ0v) is 20.5. The van der Waals surface area contributed by atoms with Crippen LogP contribution in [-0.4, -0.2) is 31.9 Å². The molecule has 4 rings (SSSR count). The van der Waals surface area contributed by atoms with E-state index in [9.17, 15) is 4.79 Å². The Morgan fingerprint density at radius 1 is 0.694 bits per heavy atom. The van der Waals surface area contributed by atoms with Crippen LogP contribution in [0.2, 0.25) is 0 Å². The van der Waals surface area contributed by atoms with Gasteiger partial charge in [-0.3, -0.25) is 0 Å². The van der Waals surface area contributed by atoms with Gasteiger partial charge in [-0.1, -0.05) is 24.3 Å². The SMILES string of the molecule is COc1ccc(-c2cc(COc3ccc(OCC(=O)O)c(C)c3)cc(-c3cccc(OC)c3)c2)cc1. The molecule has 0 amide bonds. The third kappa shape index (κ3) is 6.16. The van der Waals surface area contributed by atoms with Gasteiger partial charge in [-0.2, -0.15) is 0 Å². The average molecular weight is 485 g/mol. The molecule has 184 valence electrons. The van der Waals surface area contributed by atoms with Crippen LogP contribution in [0.1, 0.15) is 11.1 Å². The molecule has 4 aromatic rings. The van der Waals surface area contributed by atoms with Gasteiger partial charge in [0.05, 0.1) is 14.2 Å². The van der Waals surface area contributed by atoms with Crippen LogP contribution in [0.5, 0.6) is 23.0 Å². The van der Waals surface area contributed by atoms with Gasteiger partial charge in [-0.25, -0.2) is 4.79 Å². The number of benzene rings is 4. The van der Waals surface area contributed by atoms with Gasteiger partial charge in [0, 0.05) is 0 Å². The molecule has 0 saturated heterocycles. The van der Waals surface area contributed by atoms with E-state index in [4.69, 9.17) is 24.1 Å². The first kappa shape index (κ1) is 24.7. The Balaban J connectivity index is 1.62. The molecule has 36 heavy (non-hydrogen) atoms. The lowest BCUT2D eigenvalue weighted by Gasteiger charge is -2.14. The van der Waals surface area contributed by atoms with Gasteiger partial charge in [0.2, 0.25) is 0 Å². The molecule has 6 nitrogen and oxygen atoms in total. The van der Waals surface area contributed by atoms with Crippen LogP contribution in [0.25, 0.3) is 22.3 Å². The molecule has 6 heteroatoms. The fourth-order valence-corrected chi connectivity index (χ4v) is 3.87. The maximum absolute atomic E-state index is 10.8. The molecule has 0 saturated carbocycles. The number of carbonyl (C=O) groups is 1. The monoisotopic (exact) mass is 484 g/mol. The third-order valence-corrected chi connectivity index (χ3v) is 5.72. The summed E-state index contributed by atoms with van der Waals surface area (Å²) in [6.07, 6.45) is 0. The van der Waals surface area contributed by atoms with Crippen LogP contribution in [0.15, 0.2) is 84.9 Å². The molecule has 0 aromatic heterocycles. The average Bonchev–Trinajstić information content (AvgIpc) is 2.91.